The molecule has 1 heterocycles. The van der Waals surface area contributed by atoms with Gasteiger partial charge in [-0.1, -0.05) is 6.92 Å². The molecule has 0 aromatic rings. The highest BCUT2D eigenvalue weighted by Gasteiger charge is 2.35. The minimum atomic E-state index is 0.230. The summed E-state index contributed by atoms with van der Waals surface area (Å²) in [5.41, 5.74) is 6.12. The summed E-state index contributed by atoms with van der Waals surface area (Å²) in [6.07, 6.45) is 2.52. The number of rotatable bonds is 3. The van der Waals surface area contributed by atoms with Crippen LogP contribution < -0.4 is 5.73 Å². The van der Waals surface area contributed by atoms with E-state index >= 15 is 0 Å². The fourth-order valence-electron chi connectivity index (χ4n) is 2.19. The number of hydrogen-bond donors (Lipinski definition) is 1. The van der Waals surface area contributed by atoms with E-state index in [1.807, 2.05) is 0 Å². The van der Waals surface area contributed by atoms with Gasteiger partial charge in [0.1, 0.15) is 0 Å². The van der Waals surface area contributed by atoms with Crippen LogP contribution in [0, 0.1) is 0 Å². The Hall–Kier alpha value is -0.120. The lowest BCUT2D eigenvalue weighted by atomic mass is 9.88. The van der Waals surface area contributed by atoms with Crippen LogP contribution >= 0.6 is 0 Å². The summed E-state index contributed by atoms with van der Waals surface area (Å²) in [4.78, 5) is 4.80. The minimum absolute atomic E-state index is 0.230. The normalized spacial score (nSPS) is 31.2. The lowest BCUT2D eigenvalue weighted by Gasteiger charge is -2.46. The van der Waals surface area contributed by atoms with E-state index in [2.05, 4.69) is 30.8 Å². The summed E-state index contributed by atoms with van der Waals surface area (Å²) < 4.78 is 0. The van der Waals surface area contributed by atoms with Gasteiger partial charge >= 0.3 is 0 Å². The highest BCUT2D eigenvalue weighted by atomic mass is 15.2. The van der Waals surface area contributed by atoms with Crippen molar-refractivity contribution in [3.63, 3.8) is 0 Å². The number of nitrogens with zero attached hydrogens (tertiary/aromatic N) is 2. The first-order valence-corrected chi connectivity index (χ1v) is 5.24. The Labute approximate surface area is 81.9 Å². The van der Waals surface area contributed by atoms with Crippen LogP contribution in [-0.4, -0.2) is 55.6 Å². The van der Waals surface area contributed by atoms with E-state index in [4.69, 9.17) is 5.73 Å². The van der Waals surface area contributed by atoms with Crippen LogP contribution in [0.25, 0.3) is 0 Å². The quantitative estimate of drug-likeness (QED) is 0.689. The molecule has 3 heteroatoms. The second-order valence-corrected chi connectivity index (χ2v) is 4.30. The number of likely N-dealkylation sites (tertiary alicyclic amines) is 1. The SMILES string of the molecule is CCN1CCCC(CN)(N(C)C)C1. The fraction of sp³-hybridized carbons (Fsp3) is 1.00. The van der Waals surface area contributed by atoms with Gasteiger partial charge in [-0.3, -0.25) is 0 Å². The Morgan fingerprint density at radius 3 is 2.62 bits per heavy atom. The average molecular weight is 185 g/mol. The summed E-state index contributed by atoms with van der Waals surface area (Å²) in [5.74, 6) is 0. The van der Waals surface area contributed by atoms with Gasteiger partial charge in [-0.2, -0.15) is 0 Å². The van der Waals surface area contributed by atoms with Crippen molar-refractivity contribution in [1.29, 1.82) is 0 Å². The van der Waals surface area contributed by atoms with Gasteiger partial charge in [-0.25, -0.2) is 0 Å². The van der Waals surface area contributed by atoms with Crippen LogP contribution in [-0.2, 0) is 0 Å². The fourth-order valence-corrected chi connectivity index (χ4v) is 2.19. The highest BCUT2D eigenvalue weighted by Crippen LogP contribution is 2.24. The van der Waals surface area contributed by atoms with Crippen LogP contribution in [0.3, 0.4) is 0 Å². The predicted molar refractivity (Wildman–Crippen MR) is 56.8 cm³/mol. The third-order valence-corrected chi connectivity index (χ3v) is 3.41. The lowest BCUT2D eigenvalue weighted by molar-refractivity contribution is 0.0533. The van der Waals surface area contributed by atoms with E-state index in [1.165, 1.54) is 19.4 Å². The molecule has 1 fully saturated rings. The van der Waals surface area contributed by atoms with Crippen molar-refractivity contribution in [2.75, 3.05) is 40.3 Å². The molecule has 0 amide bonds. The molecule has 1 atom stereocenters. The standard InChI is InChI=1S/C10H23N3/c1-4-13-7-5-6-10(8-11,9-13)12(2)3/h4-9,11H2,1-3H3. The van der Waals surface area contributed by atoms with E-state index in [0.29, 0.717) is 0 Å². The summed E-state index contributed by atoms with van der Waals surface area (Å²) in [6, 6.07) is 0. The number of likely N-dealkylation sites (N-methyl/N-ethyl adjacent to an activating group) is 2. The predicted octanol–water partition coefficient (Wildman–Crippen LogP) is 0.361. The average Bonchev–Trinajstić information content (AvgIpc) is 2.17. The van der Waals surface area contributed by atoms with Gasteiger partial charge in [0.2, 0.25) is 0 Å². The molecule has 78 valence electrons. The van der Waals surface area contributed by atoms with E-state index in [1.54, 1.807) is 0 Å². The van der Waals surface area contributed by atoms with Crippen LogP contribution in [0.4, 0.5) is 0 Å². The number of hydrogen-bond acceptors (Lipinski definition) is 3. The van der Waals surface area contributed by atoms with E-state index in [0.717, 1.165) is 19.6 Å². The third-order valence-electron chi connectivity index (χ3n) is 3.41. The molecule has 1 saturated heterocycles. The van der Waals surface area contributed by atoms with Crippen LogP contribution in [0.5, 0.6) is 0 Å². The Balaban J connectivity index is 2.64. The lowest BCUT2D eigenvalue weighted by Crippen LogP contribution is -2.60. The van der Waals surface area contributed by atoms with Crippen LogP contribution in [0.15, 0.2) is 0 Å². The molecular formula is C10H23N3. The van der Waals surface area contributed by atoms with Gasteiger partial charge in [0.05, 0.1) is 0 Å². The van der Waals surface area contributed by atoms with E-state index < -0.39 is 0 Å². The molecule has 0 aromatic carbocycles. The Morgan fingerprint density at radius 2 is 2.15 bits per heavy atom. The maximum absolute atomic E-state index is 5.89. The van der Waals surface area contributed by atoms with Gasteiger partial charge in [0.25, 0.3) is 0 Å². The van der Waals surface area contributed by atoms with Crippen LogP contribution in [0.1, 0.15) is 19.8 Å². The molecule has 0 bridgehead atoms. The van der Waals surface area contributed by atoms with Crippen molar-refractivity contribution in [2.45, 2.75) is 25.3 Å². The first-order chi connectivity index (χ1) is 6.14. The van der Waals surface area contributed by atoms with Gasteiger partial charge in [-0.05, 0) is 40.0 Å². The zero-order valence-electron chi connectivity index (χ0n) is 9.21. The summed E-state index contributed by atoms with van der Waals surface area (Å²) in [6.45, 7) is 6.52. The summed E-state index contributed by atoms with van der Waals surface area (Å²) >= 11 is 0. The summed E-state index contributed by atoms with van der Waals surface area (Å²) in [7, 11) is 4.29. The molecule has 0 aliphatic carbocycles. The minimum Gasteiger partial charge on any atom is -0.329 e. The third kappa shape index (κ3) is 2.22. The van der Waals surface area contributed by atoms with Crippen molar-refractivity contribution < 1.29 is 0 Å². The maximum Gasteiger partial charge on any atom is 0.0453 e. The molecule has 0 radical (unpaired) electrons. The second kappa shape index (κ2) is 4.40. The molecule has 1 aliphatic heterocycles. The molecule has 2 N–H and O–H groups in total. The zero-order chi connectivity index (χ0) is 9.90. The van der Waals surface area contributed by atoms with Gasteiger partial charge in [0.15, 0.2) is 0 Å². The second-order valence-electron chi connectivity index (χ2n) is 4.30. The highest BCUT2D eigenvalue weighted by molar-refractivity contribution is 4.95. The van der Waals surface area contributed by atoms with Gasteiger partial charge in [0, 0.05) is 18.6 Å². The zero-order valence-corrected chi connectivity index (χ0v) is 9.21. The Bertz CT molecular complexity index is 158. The summed E-state index contributed by atoms with van der Waals surface area (Å²) in [5, 5.41) is 0. The molecule has 13 heavy (non-hydrogen) atoms. The van der Waals surface area contributed by atoms with Crippen molar-refractivity contribution >= 4 is 0 Å². The molecule has 1 aliphatic rings. The molecule has 1 rings (SSSR count). The molecule has 1 unspecified atom stereocenters. The Morgan fingerprint density at radius 1 is 1.46 bits per heavy atom. The molecule has 0 saturated carbocycles. The molecule has 3 nitrogen and oxygen atoms in total. The molecular weight excluding hydrogens is 162 g/mol. The van der Waals surface area contributed by atoms with Crippen molar-refractivity contribution in [2.24, 2.45) is 5.73 Å². The number of nitrogens with two attached hydrogens (primary N) is 1. The van der Waals surface area contributed by atoms with E-state index in [9.17, 15) is 0 Å². The van der Waals surface area contributed by atoms with Crippen molar-refractivity contribution in [3.05, 3.63) is 0 Å². The van der Waals surface area contributed by atoms with Gasteiger partial charge in [-0.15, -0.1) is 0 Å². The first-order valence-electron chi connectivity index (χ1n) is 5.24. The molecule has 0 aromatic heterocycles. The topological polar surface area (TPSA) is 32.5 Å². The molecule has 0 spiro atoms. The first kappa shape index (κ1) is 11.0. The Kier molecular flexibility index (Phi) is 3.71. The van der Waals surface area contributed by atoms with E-state index in [-0.39, 0.29) is 5.54 Å². The maximum atomic E-state index is 5.89. The van der Waals surface area contributed by atoms with Gasteiger partial charge < -0.3 is 15.5 Å². The number of piperidine rings is 1. The largest absolute Gasteiger partial charge is 0.329 e. The van der Waals surface area contributed by atoms with Crippen LogP contribution in [0.2, 0.25) is 0 Å². The van der Waals surface area contributed by atoms with Crippen molar-refractivity contribution in [1.82, 2.24) is 9.80 Å². The van der Waals surface area contributed by atoms with Crippen molar-refractivity contribution in [3.8, 4) is 0 Å². The smallest absolute Gasteiger partial charge is 0.0453 e. The monoisotopic (exact) mass is 185 g/mol.